The number of thiazole rings is 1. The molecule has 1 aromatic heterocycles. The maximum absolute atomic E-state index is 14.9. The van der Waals surface area contributed by atoms with Crippen LogP contribution in [0.5, 0.6) is 11.5 Å². The van der Waals surface area contributed by atoms with Gasteiger partial charge in [-0.1, -0.05) is 24.3 Å². The van der Waals surface area contributed by atoms with Crippen molar-refractivity contribution >= 4 is 52.6 Å². The van der Waals surface area contributed by atoms with Crippen molar-refractivity contribution in [3.05, 3.63) is 59.2 Å². The highest BCUT2D eigenvalue weighted by atomic mass is 32.2. The third kappa shape index (κ3) is 13.2. The topological polar surface area (TPSA) is 207 Å². The predicted molar refractivity (Wildman–Crippen MR) is 224 cm³/mol. The van der Waals surface area contributed by atoms with Gasteiger partial charge >= 0.3 is 6.09 Å². The summed E-state index contributed by atoms with van der Waals surface area (Å²) in [5.74, 6) is -0.602. The minimum atomic E-state index is -2.03. The molecule has 1 saturated heterocycles. The van der Waals surface area contributed by atoms with Gasteiger partial charge in [-0.05, 0) is 56.9 Å². The van der Waals surface area contributed by atoms with Gasteiger partial charge in [0, 0.05) is 36.1 Å². The lowest BCUT2D eigenvalue weighted by molar-refractivity contribution is -0.143. The second kappa shape index (κ2) is 21.8. The average molecular weight is 876 g/mol. The van der Waals surface area contributed by atoms with Crippen molar-refractivity contribution in [2.75, 3.05) is 71.0 Å². The van der Waals surface area contributed by atoms with Gasteiger partial charge in [-0.2, -0.15) is 11.8 Å². The highest BCUT2D eigenvalue weighted by Crippen LogP contribution is 2.41. The number of thioether (sulfide) groups is 1. The van der Waals surface area contributed by atoms with Crippen molar-refractivity contribution < 1.29 is 57.5 Å². The summed E-state index contributed by atoms with van der Waals surface area (Å²) < 4.78 is 41.6. The van der Waals surface area contributed by atoms with E-state index in [1.165, 1.54) is 23.8 Å². The van der Waals surface area contributed by atoms with Crippen LogP contribution in [0.2, 0.25) is 0 Å². The van der Waals surface area contributed by atoms with Crippen LogP contribution in [0.1, 0.15) is 44.4 Å². The third-order valence-corrected chi connectivity index (χ3v) is 12.3. The van der Waals surface area contributed by atoms with E-state index in [1.54, 1.807) is 48.9 Å². The van der Waals surface area contributed by atoms with Crippen molar-refractivity contribution in [3.63, 3.8) is 0 Å². The number of aliphatic hydroxyl groups excluding tert-OH is 1. The fourth-order valence-electron chi connectivity index (χ4n) is 6.45. The molecule has 3 aromatic rings. The molecule has 4 amide bonds. The third-order valence-electron chi connectivity index (χ3n) is 9.96. The van der Waals surface area contributed by atoms with E-state index in [2.05, 4.69) is 20.9 Å². The molecule has 1 unspecified atom stereocenters. The summed E-state index contributed by atoms with van der Waals surface area (Å²) in [5.41, 5.74) is 2.90. The molecular formula is C41H54FN5O11S2. The van der Waals surface area contributed by atoms with Gasteiger partial charge in [0.1, 0.15) is 30.2 Å². The number of ether oxygens (including phenoxy) is 5. The van der Waals surface area contributed by atoms with Crippen LogP contribution in [-0.2, 0) is 35.1 Å². The van der Waals surface area contributed by atoms with E-state index in [9.17, 15) is 28.7 Å². The Hall–Kier alpha value is -4.53. The number of aromatic nitrogens is 1. The van der Waals surface area contributed by atoms with E-state index in [4.69, 9.17) is 28.8 Å². The number of β-amino-alcohol motifs (C(OH)–C–C–N with tert-alkyl or cyclic N) is 1. The number of likely N-dealkylation sites (tertiary alicyclic amines) is 1. The highest BCUT2D eigenvalue weighted by Gasteiger charge is 2.54. The minimum absolute atomic E-state index is 0.0286. The predicted octanol–water partition coefficient (Wildman–Crippen LogP) is 4.42. The number of methoxy groups -OCH3 is 1. The first-order chi connectivity index (χ1) is 28.7. The molecule has 0 radical (unpaired) electrons. The number of carbonyl (C=O) groups is 4. The lowest BCUT2D eigenvalue weighted by Crippen LogP contribution is -2.61. The lowest BCUT2D eigenvalue weighted by Gasteiger charge is -2.37. The number of anilines is 1. The summed E-state index contributed by atoms with van der Waals surface area (Å²) in [7, 11) is 1.43. The number of nitrogens with zero attached hydrogens (tertiary/aromatic N) is 2. The Morgan fingerprint density at radius 1 is 1.02 bits per heavy atom. The molecule has 19 heteroatoms. The number of rotatable bonds is 24. The first-order valence-electron chi connectivity index (χ1n) is 19.6. The monoisotopic (exact) mass is 875 g/mol. The van der Waals surface area contributed by atoms with Gasteiger partial charge < -0.3 is 49.4 Å². The number of nitrogens with one attached hydrogen (secondary N) is 3. The van der Waals surface area contributed by atoms with Crippen molar-refractivity contribution in [2.45, 2.75) is 75.2 Å². The number of aryl methyl sites for hydroxylation is 1. The number of alkyl halides is 1. The van der Waals surface area contributed by atoms with Crippen LogP contribution in [0, 0.1) is 6.92 Å². The molecule has 2 fully saturated rings. The van der Waals surface area contributed by atoms with Gasteiger partial charge in [0.15, 0.2) is 5.67 Å². The molecule has 328 valence electrons. The van der Waals surface area contributed by atoms with Gasteiger partial charge in [0.25, 0.3) is 5.91 Å². The van der Waals surface area contributed by atoms with Crippen LogP contribution in [0.15, 0.2) is 48.0 Å². The standard InChI is InChI=1S/C41H54FN5O11S2/c1-26-34(59-25-44-26)28-7-5-27(6-8-28)23-43-36(49)32-21-29(48)24-47(32)37(50)35(46-38(51)41(42)11-12-41)40(2,3)60-20-19-57-16-15-55-13-14-56-17-18-58-30-9-10-31(45-39(52)53)33(22-30)54-4/h5-10,22,25,29,32,35,45,48H,11-21,23-24H2,1-4H3,(H,43,49)(H,46,51)(H,52,53)/t29-,32+,35?/m1/s1. The zero-order valence-electron chi connectivity index (χ0n) is 34.2. The summed E-state index contributed by atoms with van der Waals surface area (Å²) in [6.07, 6.45) is -1.97. The number of carboxylic acid groups (broad SMARTS) is 1. The molecule has 2 aromatic carbocycles. The molecule has 5 rings (SSSR count). The fraction of sp³-hybridized carbons (Fsp3) is 0.537. The number of hydrogen-bond donors (Lipinski definition) is 5. The van der Waals surface area contributed by atoms with E-state index in [1.807, 2.05) is 31.2 Å². The summed E-state index contributed by atoms with van der Waals surface area (Å²) in [6.45, 7) is 7.77. The molecule has 60 heavy (non-hydrogen) atoms. The quantitative estimate of drug-likeness (QED) is 0.0792. The van der Waals surface area contributed by atoms with Crippen LogP contribution in [-0.4, -0.2) is 138 Å². The van der Waals surface area contributed by atoms with Gasteiger partial charge in [0.2, 0.25) is 11.8 Å². The van der Waals surface area contributed by atoms with Crippen LogP contribution < -0.4 is 25.4 Å². The Morgan fingerprint density at radius 2 is 1.68 bits per heavy atom. The Kier molecular flexibility index (Phi) is 16.9. The second-order valence-corrected chi connectivity index (χ2v) is 17.5. The molecule has 16 nitrogen and oxygen atoms in total. The van der Waals surface area contributed by atoms with Crippen molar-refractivity contribution in [3.8, 4) is 21.9 Å². The normalized spacial score (nSPS) is 17.5. The Labute approximate surface area is 356 Å². The number of hydrogen-bond acceptors (Lipinski definition) is 13. The second-order valence-electron chi connectivity index (χ2n) is 14.9. The van der Waals surface area contributed by atoms with E-state index in [0.29, 0.717) is 62.6 Å². The molecular weight excluding hydrogens is 822 g/mol. The molecule has 1 aliphatic heterocycles. The molecule has 5 N–H and O–H groups in total. The van der Waals surface area contributed by atoms with E-state index < -0.39 is 52.4 Å². The zero-order chi connectivity index (χ0) is 43.3. The van der Waals surface area contributed by atoms with E-state index in [0.717, 1.165) is 21.7 Å². The average Bonchev–Trinajstić information content (AvgIpc) is 3.63. The first kappa shape index (κ1) is 46.5. The largest absolute Gasteiger partial charge is 0.494 e. The number of halogens is 1. The number of carbonyl (C=O) groups excluding carboxylic acids is 3. The first-order valence-corrected chi connectivity index (χ1v) is 21.5. The van der Waals surface area contributed by atoms with Crippen molar-refractivity contribution in [1.29, 1.82) is 0 Å². The van der Waals surface area contributed by atoms with Crippen LogP contribution in [0.4, 0.5) is 14.9 Å². The molecule has 3 atom stereocenters. The number of aliphatic hydroxyl groups is 1. The fourth-order valence-corrected chi connectivity index (χ4v) is 8.31. The molecule has 2 aliphatic rings. The van der Waals surface area contributed by atoms with Crippen molar-refractivity contribution in [1.82, 2.24) is 20.5 Å². The minimum Gasteiger partial charge on any atom is -0.494 e. The summed E-state index contributed by atoms with van der Waals surface area (Å²) in [4.78, 5) is 58.3. The van der Waals surface area contributed by atoms with E-state index >= 15 is 0 Å². The summed E-state index contributed by atoms with van der Waals surface area (Å²) in [5, 5.41) is 27.3. The van der Waals surface area contributed by atoms with Gasteiger partial charge in [-0.15, -0.1) is 11.3 Å². The Balaban J connectivity index is 1.02. The Morgan fingerprint density at radius 3 is 2.30 bits per heavy atom. The van der Waals surface area contributed by atoms with Crippen molar-refractivity contribution in [2.24, 2.45) is 0 Å². The summed E-state index contributed by atoms with van der Waals surface area (Å²) in [6, 6.07) is 10.3. The van der Waals surface area contributed by atoms with Crippen LogP contribution >= 0.6 is 23.1 Å². The zero-order valence-corrected chi connectivity index (χ0v) is 35.8. The molecule has 1 aliphatic carbocycles. The molecule has 2 heterocycles. The van der Waals surface area contributed by atoms with Crippen LogP contribution in [0.3, 0.4) is 0 Å². The highest BCUT2D eigenvalue weighted by molar-refractivity contribution is 8.00. The number of benzene rings is 2. The Bertz CT molecular complexity index is 1910. The van der Waals surface area contributed by atoms with Crippen LogP contribution in [0.25, 0.3) is 10.4 Å². The lowest BCUT2D eigenvalue weighted by atomic mass is 10.00. The van der Waals surface area contributed by atoms with Gasteiger partial charge in [-0.3, -0.25) is 19.7 Å². The maximum atomic E-state index is 14.9. The smallest absolute Gasteiger partial charge is 0.409 e. The number of amides is 4. The molecule has 0 bridgehead atoms. The van der Waals surface area contributed by atoms with Gasteiger partial charge in [-0.25, -0.2) is 14.2 Å². The SMILES string of the molecule is COc1cc(OCCOCCOCCOCCSC(C)(C)C(NC(=O)C2(F)CC2)C(=O)N2C[C@H](O)C[C@H]2C(=O)NCc2ccc(-c3scnc3C)cc2)ccc1NC(=O)O. The maximum Gasteiger partial charge on any atom is 0.409 e. The molecule has 1 saturated carbocycles. The van der Waals surface area contributed by atoms with Gasteiger partial charge in [0.05, 0.1) is 74.6 Å². The summed E-state index contributed by atoms with van der Waals surface area (Å²) >= 11 is 2.92. The van der Waals surface area contributed by atoms with E-state index in [-0.39, 0.29) is 39.0 Å². The molecule has 0 spiro atoms.